The van der Waals surface area contributed by atoms with Crippen molar-refractivity contribution in [2.75, 3.05) is 13.1 Å². The van der Waals surface area contributed by atoms with Crippen LogP contribution in [-0.4, -0.2) is 36.0 Å². The van der Waals surface area contributed by atoms with E-state index in [0.29, 0.717) is 29.8 Å². The Morgan fingerprint density at radius 3 is 2.73 bits per heavy atom. The minimum atomic E-state index is -3.51. The normalized spacial score (nSPS) is 18.9. The molecule has 26 heavy (non-hydrogen) atoms. The van der Waals surface area contributed by atoms with Crippen LogP contribution in [0.4, 0.5) is 0 Å². The van der Waals surface area contributed by atoms with E-state index in [-0.39, 0.29) is 5.92 Å². The van der Waals surface area contributed by atoms with Crippen molar-refractivity contribution in [1.82, 2.24) is 14.5 Å². The SMILES string of the molecule is Cc1ccc(S(=O)(=O)N2CCCC(c3nnc(-c4ccsc4)o3)C2)cc1. The maximum atomic E-state index is 12.9. The summed E-state index contributed by atoms with van der Waals surface area (Å²) in [7, 11) is -3.51. The first kappa shape index (κ1) is 17.4. The summed E-state index contributed by atoms with van der Waals surface area (Å²) in [6.45, 7) is 2.81. The number of rotatable bonds is 4. The van der Waals surface area contributed by atoms with Crippen LogP contribution in [0.5, 0.6) is 0 Å². The number of hydrogen-bond acceptors (Lipinski definition) is 6. The zero-order valence-electron chi connectivity index (χ0n) is 14.3. The zero-order valence-corrected chi connectivity index (χ0v) is 16.0. The van der Waals surface area contributed by atoms with Gasteiger partial charge in [0.25, 0.3) is 0 Å². The third-order valence-corrected chi connectivity index (χ3v) is 7.16. The van der Waals surface area contributed by atoms with Crippen LogP contribution in [0.15, 0.2) is 50.4 Å². The van der Waals surface area contributed by atoms with E-state index in [9.17, 15) is 8.42 Å². The molecule has 3 aromatic rings. The Labute approximate surface area is 156 Å². The number of piperidine rings is 1. The summed E-state index contributed by atoms with van der Waals surface area (Å²) in [6, 6.07) is 8.89. The van der Waals surface area contributed by atoms with Gasteiger partial charge in [-0.15, -0.1) is 10.2 Å². The number of thiophene rings is 1. The van der Waals surface area contributed by atoms with Gasteiger partial charge >= 0.3 is 0 Å². The second-order valence-corrected chi connectivity index (χ2v) is 9.19. The third kappa shape index (κ3) is 3.32. The van der Waals surface area contributed by atoms with Crippen molar-refractivity contribution in [1.29, 1.82) is 0 Å². The van der Waals surface area contributed by atoms with Crippen LogP contribution in [0.2, 0.25) is 0 Å². The van der Waals surface area contributed by atoms with Crippen LogP contribution >= 0.6 is 11.3 Å². The molecular formula is C18H19N3O3S2. The predicted octanol–water partition coefficient (Wildman–Crippen LogP) is 3.67. The molecule has 1 atom stereocenters. The molecule has 2 aromatic heterocycles. The molecule has 0 bridgehead atoms. The molecule has 0 spiro atoms. The zero-order chi connectivity index (χ0) is 18.1. The molecule has 0 radical (unpaired) electrons. The summed E-state index contributed by atoms with van der Waals surface area (Å²) in [4.78, 5) is 0.327. The van der Waals surface area contributed by atoms with Gasteiger partial charge in [0.15, 0.2) is 0 Å². The Hall–Kier alpha value is -2.03. The van der Waals surface area contributed by atoms with Gasteiger partial charge in [0.2, 0.25) is 21.8 Å². The maximum absolute atomic E-state index is 12.9. The molecule has 0 amide bonds. The molecule has 0 saturated carbocycles. The lowest BCUT2D eigenvalue weighted by Gasteiger charge is -2.30. The summed E-state index contributed by atoms with van der Waals surface area (Å²) >= 11 is 1.57. The third-order valence-electron chi connectivity index (χ3n) is 4.60. The van der Waals surface area contributed by atoms with Crippen LogP contribution in [0.3, 0.4) is 0 Å². The van der Waals surface area contributed by atoms with Gasteiger partial charge < -0.3 is 4.42 Å². The van der Waals surface area contributed by atoms with Gasteiger partial charge in [-0.05, 0) is 43.3 Å². The van der Waals surface area contributed by atoms with Gasteiger partial charge in [0.1, 0.15) is 0 Å². The number of benzene rings is 1. The monoisotopic (exact) mass is 389 g/mol. The number of sulfonamides is 1. The van der Waals surface area contributed by atoms with E-state index in [1.807, 2.05) is 35.9 Å². The largest absolute Gasteiger partial charge is 0.420 e. The van der Waals surface area contributed by atoms with Gasteiger partial charge in [-0.1, -0.05) is 17.7 Å². The summed E-state index contributed by atoms with van der Waals surface area (Å²) in [5.74, 6) is 0.915. The minimum absolute atomic E-state index is 0.0798. The second-order valence-electron chi connectivity index (χ2n) is 6.47. The van der Waals surface area contributed by atoms with Crippen LogP contribution in [-0.2, 0) is 10.0 Å². The minimum Gasteiger partial charge on any atom is -0.420 e. The highest BCUT2D eigenvalue weighted by atomic mass is 32.2. The predicted molar refractivity (Wildman–Crippen MR) is 99.5 cm³/mol. The Balaban J connectivity index is 1.55. The van der Waals surface area contributed by atoms with Crippen LogP contribution in [0.1, 0.15) is 30.2 Å². The highest BCUT2D eigenvalue weighted by Crippen LogP contribution is 2.31. The summed E-state index contributed by atoms with van der Waals surface area (Å²) in [5.41, 5.74) is 1.93. The average Bonchev–Trinajstić information content (AvgIpc) is 3.34. The maximum Gasteiger partial charge on any atom is 0.248 e. The van der Waals surface area contributed by atoms with Crippen LogP contribution in [0.25, 0.3) is 11.5 Å². The van der Waals surface area contributed by atoms with Crippen molar-refractivity contribution >= 4 is 21.4 Å². The van der Waals surface area contributed by atoms with E-state index < -0.39 is 10.0 Å². The highest BCUT2D eigenvalue weighted by Gasteiger charge is 2.33. The van der Waals surface area contributed by atoms with Crippen molar-refractivity contribution in [2.24, 2.45) is 0 Å². The van der Waals surface area contributed by atoms with Gasteiger partial charge in [-0.2, -0.15) is 15.6 Å². The Morgan fingerprint density at radius 2 is 2.00 bits per heavy atom. The fourth-order valence-electron chi connectivity index (χ4n) is 3.12. The summed E-state index contributed by atoms with van der Waals surface area (Å²) < 4.78 is 33.2. The topological polar surface area (TPSA) is 76.3 Å². The van der Waals surface area contributed by atoms with Crippen molar-refractivity contribution in [3.8, 4) is 11.5 Å². The van der Waals surface area contributed by atoms with Crippen molar-refractivity contribution in [2.45, 2.75) is 30.6 Å². The molecule has 8 heteroatoms. The lowest BCUT2D eigenvalue weighted by atomic mass is 10.00. The highest BCUT2D eigenvalue weighted by molar-refractivity contribution is 7.89. The molecule has 0 N–H and O–H groups in total. The van der Waals surface area contributed by atoms with E-state index in [1.54, 1.807) is 23.5 Å². The van der Waals surface area contributed by atoms with E-state index in [4.69, 9.17) is 4.42 Å². The van der Waals surface area contributed by atoms with Crippen molar-refractivity contribution in [3.63, 3.8) is 0 Å². The molecule has 6 nitrogen and oxygen atoms in total. The van der Waals surface area contributed by atoms with Gasteiger partial charge in [-0.25, -0.2) is 8.42 Å². The van der Waals surface area contributed by atoms with E-state index in [1.165, 1.54) is 4.31 Å². The van der Waals surface area contributed by atoms with E-state index >= 15 is 0 Å². The molecular weight excluding hydrogens is 370 g/mol. The molecule has 3 heterocycles. The Morgan fingerprint density at radius 1 is 1.19 bits per heavy atom. The summed E-state index contributed by atoms with van der Waals surface area (Å²) in [5, 5.41) is 12.2. The lowest BCUT2D eigenvalue weighted by molar-refractivity contribution is 0.286. The molecule has 1 saturated heterocycles. The standard InChI is InChI=1S/C18H19N3O3S2/c1-13-4-6-16(7-5-13)26(22,23)21-9-2-3-14(11-21)17-19-20-18(24-17)15-8-10-25-12-15/h4-8,10,12,14H,2-3,9,11H2,1H3. The molecule has 1 aliphatic rings. The number of aromatic nitrogens is 2. The average molecular weight is 390 g/mol. The lowest BCUT2D eigenvalue weighted by Crippen LogP contribution is -2.39. The second kappa shape index (κ2) is 6.94. The van der Waals surface area contributed by atoms with Crippen LogP contribution < -0.4 is 0 Å². The fraction of sp³-hybridized carbons (Fsp3) is 0.333. The van der Waals surface area contributed by atoms with Gasteiger partial charge in [-0.3, -0.25) is 0 Å². The number of hydrogen-bond donors (Lipinski definition) is 0. The smallest absolute Gasteiger partial charge is 0.248 e. The van der Waals surface area contributed by atoms with Crippen molar-refractivity contribution in [3.05, 3.63) is 52.5 Å². The molecule has 1 aliphatic heterocycles. The number of nitrogens with zero attached hydrogens (tertiary/aromatic N) is 3. The first-order chi connectivity index (χ1) is 12.5. The van der Waals surface area contributed by atoms with Crippen LogP contribution in [0, 0.1) is 6.92 Å². The molecule has 4 rings (SSSR count). The first-order valence-electron chi connectivity index (χ1n) is 8.47. The molecule has 1 fully saturated rings. The fourth-order valence-corrected chi connectivity index (χ4v) is 5.28. The first-order valence-corrected chi connectivity index (χ1v) is 10.8. The molecule has 136 valence electrons. The van der Waals surface area contributed by atoms with E-state index in [2.05, 4.69) is 10.2 Å². The Bertz CT molecular complexity index is 979. The summed E-state index contributed by atoms with van der Waals surface area (Å²) in [6.07, 6.45) is 1.61. The number of aryl methyl sites for hydroxylation is 1. The molecule has 0 aliphatic carbocycles. The van der Waals surface area contributed by atoms with Crippen molar-refractivity contribution < 1.29 is 12.8 Å². The quantitative estimate of drug-likeness (QED) is 0.680. The molecule has 1 unspecified atom stereocenters. The molecule has 1 aromatic carbocycles. The van der Waals surface area contributed by atoms with Gasteiger partial charge in [0.05, 0.1) is 10.8 Å². The van der Waals surface area contributed by atoms with E-state index in [0.717, 1.165) is 24.0 Å². The Kier molecular flexibility index (Phi) is 4.64. The van der Waals surface area contributed by atoms with Gasteiger partial charge in [0, 0.05) is 24.0 Å².